The third-order valence-electron chi connectivity index (χ3n) is 6.30. The van der Waals surface area contributed by atoms with Gasteiger partial charge in [0.15, 0.2) is 0 Å². The maximum Gasteiger partial charge on any atom is 0.134 e. The number of aromatic nitrogens is 2. The Morgan fingerprint density at radius 3 is 1.96 bits per heavy atom. The molecule has 0 radical (unpaired) electrons. The van der Waals surface area contributed by atoms with E-state index in [9.17, 15) is 0 Å². The molecule has 2 aliphatic rings. The van der Waals surface area contributed by atoms with Crippen LogP contribution in [0.3, 0.4) is 0 Å². The van der Waals surface area contributed by atoms with E-state index < -0.39 is 0 Å². The van der Waals surface area contributed by atoms with Gasteiger partial charge < -0.3 is 19.6 Å². The molecule has 0 saturated carbocycles. The van der Waals surface area contributed by atoms with Gasteiger partial charge in [-0.1, -0.05) is 19.1 Å². The Balaban J connectivity index is 1.40. The highest BCUT2D eigenvalue weighted by atomic mass is 15.3. The quantitative estimate of drug-likeness (QED) is 0.812. The number of piperazine rings is 2. The molecule has 0 aliphatic carbocycles. The highest BCUT2D eigenvalue weighted by Crippen LogP contribution is 2.26. The summed E-state index contributed by atoms with van der Waals surface area (Å²) >= 11 is 0. The summed E-state index contributed by atoms with van der Waals surface area (Å²) in [5, 5.41) is 0. The maximum atomic E-state index is 4.58. The van der Waals surface area contributed by atoms with E-state index in [1.807, 2.05) is 0 Å². The summed E-state index contributed by atoms with van der Waals surface area (Å²) in [5.74, 6) is 2.13. The zero-order valence-corrected chi connectivity index (χ0v) is 17.4. The molecule has 0 amide bonds. The third-order valence-corrected chi connectivity index (χ3v) is 6.30. The van der Waals surface area contributed by atoms with Crippen LogP contribution in [0.25, 0.3) is 0 Å². The van der Waals surface area contributed by atoms with Gasteiger partial charge in [-0.15, -0.1) is 0 Å². The molecular weight excluding hydrogens is 348 g/mol. The molecule has 1 aromatic heterocycles. The zero-order chi connectivity index (χ0) is 19.5. The molecule has 3 heterocycles. The molecule has 4 rings (SSSR count). The lowest BCUT2D eigenvalue weighted by Gasteiger charge is -2.38. The highest BCUT2D eigenvalue weighted by molar-refractivity contribution is 5.58. The number of aryl methyl sites for hydroxylation is 1. The second-order valence-electron chi connectivity index (χ2n) is 7.85. The average Bonchev–Trinajstić information content (AvgIpc) is 2.76. The molecule has 28 heavy (non-hydrogen) atoms. The van der Waals surface area contributed by atoms with E-state index >= 15 is 0 Å². The summed E-state index contributed by atoms with van der Waals surface area (Å²) < 4.78 is 0. The normalized spacial score (nSPS) is 18.6. The monoisotopic (exact) mass is 380 g/mol. The molecule has 1 aromatic carbocycles. The first-order chi connectivity index (χ1) is 13.7. The van der Waals surface area contributed by atoms with Crippen LogP contribution < -0.4 is 14.7 Å². The van der Waals surface area contributed by atoms with Crippen LogP contribution in [0.2, 0.25) is 0 Å². The molecule has 0 bridgehead atoms. The Morgan fingerprint density at radius 2 is 1.36 bits per heavy atom. The number of nitrogens with zero attached hydrogens (tertiary/aromatic N) is 6. The summed E-state index contributed by atoms with van der Waals surface area (Å²) in [4.78, 5) is 18.9. The molecule has 0 unspecified atom stereocenters. The van der Waals surface area contributed by atoms with Crippen LogP contribution in [0, 0.1) is 13.8 Å². The van der Waals surface area contributed by atoms with Crippen LogP contribution in [0.1, 0.15) is 18.1 Å². The standard InChI is InChI=1S/C22H32N6/c1-4-25-8-10-27(11-9-25)21-16-22(24-17-23-21)28-14-12-26(13-15-28)20-7-5-6-18(2)19(20)3/h5-7,16-17H,4,8-15H2,1-3H3. The van der Waals surface area contributed by atoms with Gasteiger partial charge in [0.1, 0.15) is 18.0 Å². The van der Waals surface area contributed by atoms with Crippen LogP contribution in [-0.4, -0.2) is 73.8 Å². The topological polar surface area (TPSA) is 38.7 Å². The van der Waals surface area contributed by atoms with E-state index in [0.717, 1.165) is 70.5 Å². The van der Waals surface area contributed by atoms with Crippen molar-refractivity contribution < 1.29 is 0 Å². The van der Waals surface area contributed by atoms with Crippen LogP contribution >= 0.6 is 0 Å². The summed E-state index contributed by atoms with van der Waals surface area (Å²) in [7, 11) is 0. The number of benzene rings is 1. The van der Waals surface area contributed by atoms with Crippen molar-refractivity contribution in [1.29, 1.82) is 0 Å². The van der Waals surface area contributed by atoms with Gasteiger partial charge in [0.2, 0.25) is 0 Å². The summed E-state index contributed by atoms with van der Waals surface area (Å²) in [6.45, 7) is 16.1. The second kappa shape index (κ2) is 8.35. The van der Waals surface area contributed by atoms with Gasteiger partial charge in [0, 0.05) is 64.1 Å². The zero-order valence-electron chi connectivity index (χ0n) is 17.4. The molecule has 2 aromatic rings. The lowest BCUT2D eigenvalue weighted by molar-refractivity contribution is 0.270. The van der Waals surface area contributed by atoms with Crippen LogP contribution in [0.5, 0.6) is 0 Å². The van der Waals surface area contributed by atoms with Crippen molar-refractivity contribution in [2.75, 3.05) is 73.6 Å². The van der Waals surface area contributed by atoms with Crippen LogP contribution in [0.4, 0.5) is 17.3 Å². The lowest BCUT2D eigenvalue weighted by atomic mass is 10.1. The molecule has 0 N–H and O–H groups in total. The van der Waals surface area contributed by atoms with E-state index in [2.05, 4.69) is 74.6 Å². The summed E-state index contributed by atoms with van der Waals surface area (Å²) in [5.41, 5.74) is 4.13. The molecule has 6 nitrogen and oxygen atoms in total. The van der Waals surface area contributed by atoms with Crippen LogP contribution in [-0.2, 0) is 0 Å². The first-order valence-corrected chi connectivity index (χ1v) is 10.5. The minimum atomic E-state index is 0.993. The lowest BCUT2D eigenvalue weighted by Crippen LogP contribution is -2.47. The van der Waals surface area contributed by atoms with Crippen molar-refractivity contribution in [1.82, 2.24) is 14.9 Å². The number of likely N-dealkylation sites (N-methyl/N-ethyl adjacent to an activating group) is 1. The van der Waals surface area contributed by atoms with Gasteiger partial charge in [-0.3, -0.25) is 0 Å². The van der Waals surface area contributed by atoms with Crippen molar-refractivity contribution >= 4 is 17.3 Å². The van der Waals surface area contributed by atoms with E-state index in [0.29, 0.717) is 0 Å². The maximum absolute atomic E-state index is 4.58. The predicted molar refractivity (Wildman–Crippen MR) is 117 cm³/mol. The summed E-state index contributed by atoms with van der Waals surface area (Å²) in [6.07, 6.45) is 1.73. The first kappa shape index (κ1) is 19.0. The van der Waals surface area contributed by atoms with E-state index in [-0.39, 0.29) is 0 Å². The molecule has 2 saturated heterocycles. The molecule has 0 spiro atoms. The van der Waals surface area contributed by atoms with Gasteiger partial charge in [-0.25, -0.2) is 9.97 Å². The molecule has 2 fully saturated rings. The Labute approximate surface area is 168 Å². The summed E-state index contributed by atoms with van der Waals surface area (Å²) in [6, 6.07) is 8.78. The number of rotatable bonds is 4. The van der Waals surface area contributed by atoms with Crippen molar-refractivity contribution in [3.8, 4) is 0 Å². The highest BCUT2D eigenvalue weighted by Gasteiger charge is 2.22. The molecule has 6 heteroatoms. The fraction of sp³-hybridized carbons (Fsp3) is 0.545. The SMILES string of the molecule is CCN1CCN(c2cc(N3CCN(c4cccc(C)c4C)CC3)ncn2)CC1. The van der Waals surface area contributed by atoms with Crippen molar-refractivity contribution in [3.05, 3.63) is 41.7 Å². The third kappa shape index (κ3) is 3.92. The molecule has 0 atom stereocenters. The minimum Gasteiger partial charge on any atom is -0.368 e. The Kier molecular flexibility index (Phi) is 5.67. The molecular formula is C22H32N6. The van der Waals surface area contributed by atoms with Gasteiger partial charge in [0.25, 0.3) is 0 Å². The van der Waals surface area contributed by atoms with E-state index in [1.54, 1.807) is 6.33 Å². The van der Waals surface area contributed by atoms with Crippen molar-refractivity contribution in [2.24, 2.45) is 0 Å². The smallest absolute Gasteiger partial charge is 0.134 e. The van der Waals surface area contributed by atoms with Crippen molar-refractivity contribution in [3.63, 3.8) is 0 Å². The van der Waals surface area contributed by atoms with Crippen LogP contribution in [0.15, 0.2) is 30.6 Å². The largest absolute Gasteiger partial charge is 0.368 e. The van der Waals surface area contributed by atoms with E-state index in [4.69, 9.17) is 0 Å². The van der Waals surface area contributed by atoms with Gasteiger partial charge in [-0.2, -0.15) is 0 Å². The van der Waals surface area contributed by atoms with Gasteiger partial charge in [-0.05, 0) is 37.6 Å². The van der Waals surface area contributed by atoms with E-state index in [1.165, 1.54) is 16.8 Å². The van der Waals surface area contributed by atoms with Gasteiger partial charge in [0.05, 0.1) is 0 Å². The Morgan fingerprint density at radius 1 is 0.786 bits per heavy atom. The molecule has 150 valence electrons. The minimum absolute atomic E-state index is 0.993. The Hall–Kier alpha value is -2.34. The average molecular weight is 381 g/mol. The van der Waals surface area contributed by atoms with Crippen molar-refractivity contribution in [2.45, 2.75) is 20.8 Å². The second-order valence-corrected chi connectivity index (χ2v) is 7.85. The Bertz CT molecular complexity index is 791. The number of anilines is 3. The van der Waals surface area contributed by atoms with Gasteiger partial charge >= 0.3 is 0 Å². The number of hydrogen-bond acceptors (Lipinski definition) is 6. The molecule has 2 aliphatic heterocycles. The predicted octanol–water partition coefficient (Wildman–Crippen LogP) is 2.56. The number of hydrogen-bond donors (Lipinski definition) is 0. The first-order valence-electron chi connectivity index (χ1n) is 10.5. The fourth-order valence-electron chi connectivity index (χ4n) is 4.23. The fourth-order valence-corrected chi connectivity index (χ4v) is 4.23.